The fourth-order valence-corrected chi connectivity index (χ4v) is 10.3. The van der Waals surface area contributed by atoms with E-state index in [0.717, 1.165) is 49.1 Å². The lowest BCUT2D eigenvalue weighted by molar-refractivity contribution is -0.141. The zero-order chi connectivity index (χ0) is 25.8. The topological polar surface area (TPSA) is 87.1 Å². The molecule has 4 N–H and O–H groups in total. The van der Waals surface area contributed by atoms with Crippen LogP contribution in [0, 0.1) is 46.3 Å². The summed E-state index contributed by atoms with van der Waals surface area (Å²) in [5.41, 5.74) is 6.59. The van der Waals surface area contributed by atoms with Crippen molar-refractivity contribution in [3.05, 3.63) is 0 Å². The van der Waals surface area contributed by atoms with E-state index >= 15 is 0 Å². The molecule has 5 rings (SSSR count). The van der Waals surface area contributed by atoms with Gasteiger partial charge >= 0.3 is 5.97 Å². The second-order valence-corrected chi connectivity index (χ2v) is 13.9. The Labute approximate surface area is 228 Å². The van der Waals surface area contributed by atoms with E-state index in [1.54, 1.807) is 0 Å². The zero-order valence-corrected chi connectivity index (χ0v) is 24.7. The number of piperidine rings is 1. The average molecular weight is 521 g/mol. The molecule has 216 valence electrons. The van der Waals surface area contributed by atoms with Crippen LogP contribution in [0.25, 0.3) is 0 Å². The first-order valence-corrected chi connectivity index (χ1v) is 15.8. The van der Waals surface area contributed by atoms with Gasteiger partial charge in [0.15, 0.2) is 0 Å². The largest absolute Gasteiger partial charge is 0.469 e. The highest BCUT2D eigenvalue weighted by atomic mass is 16.5. The van der Waals surface area contributed by atoms with E-state index in [9.17, 15) is 4.79 Å². The highest BCUT2D eigenvalue weighted by Gasteiger charge is 2.60. The van der Waals surface area contributed by atoms with Gasteiger partial charge in [-0.25, -0.2) is 0 Å². The van der Waals surface area contributed by atoms with Gasteiger partial charge in [0.25, 0.3) is 0 Å². The molecule has 1 heterocycles. The Bertz CT molecular complexity index is 707. The molecule has 8 unspecified atom stereocenters. The van der Waals surface area contributed by atoms with E-state index in [2.05, 4.69) is 25.7 Å². The molecule has 0 aromatic rings. The molecule has 0 aromatic heterocycles. The van der Waals surface area contributed by atoms with Crippen LogP contribution in [0.4, 0.5) is 0 Å². The first-order valence-electron chi connectivity index (χ1n) is 15.8. The van der Waals surface area contributed by atoms with Crippen LogP contribution in [-0.4, -0.2) is 49.6 Å². The van der Waals surface area contributed by atoms with Gasteiger partial charge in [-0.15, -0.1) is 0 Å². The number of ether oxygens (including phenoxy) is 1. The van der Waals surface area contributed by atoms with Gasteiger partial charge in [-0.3, -0.25) is 4.79 Å². The standard InChI is InChI=1S/C25H42O2.C7H16N2.H2O/c1-17(8-13-23(26)27-4)20-11-12-21-19-10-9-18-7-5-6-15-24(18,2)22(19)14-16-25(20,21)3;8-4-7-9-5-2-1-3-6-9;/h17-22H,5-16H2,1-4H3;1-8H2;1H2. The summed E-state index contributed by atoms with van der Waals surface area (Å²) in [7, 11) is 1.52. The summed E-state index contributed by atoms with van der Waals surface area (Å²) in [5, 5.41) is 0. The van der Waals surface area contributed by atoms with Crippen molar-refractivity contribution in [2.24, 2.45) is 52.1 Å². The number of carbonyl (C=O) groups is 1. The molecular weight excluding hydrogens is 460 g/mol. The number of likely N-dealkylation sites (tertiary alicyclic amines) is 1. The van der Waals surface area contributed by atoms with Crippen molar-refractivity contribution in [1.82, 2.24) is 4.90 Å². The highest BCUT2D eigenvalue weighted by molar-refractivity contribution is 5.69. The van der Waals surface area contributed by atoms with Crippen molar-refractivity contribution in [1.29, 1.82) is 0 Å². The number of carbonyl (C=O) groups excluding carboxylic acids is 1. The third kappa shape index (κ3) is 6.57. The van der Waals surface area contributed by atoms with Crippen LogP contribution in [-0.2, 0) is 9.53 Å². The number of esters is 1. The number of hydrogen-bond donors (Lipinski definition) is 1. The number of fused-ring (bicyclic) bond motifs is 5. The minimum absolute atomic E-state index is 0. The van der Waals surface area contributed by atoms with Crippen LogP contribution in [0.3, 0.4) is 0 Å². The minimum atomic E-state index is -0.0335. The van der Waals surface area contributed by atoms with Crippen molar-refractivity contribution in [3.63, 3.8) is 0 Å². The summed E-state index contributed by atoms with van der Waals surface area (Å²) in [4.78, 5) is 14.1. The molecule has 0 radical (unpaired) electrons. The summed E-state index contributed by atoms with van der Waals surface area (Å²) in [6, 6.07) is 0. The van der Waals surface area contributed by atoms with E-state index in [4.69, 9.17) is 10.5 Å². The third-order valence-electron chi connectivity index (χ3n) is 12.3. The number of hydrogen-bond acceptors (Lipinski definition) is 4. The summed E-state index contributed by atoms with van der Waals surface area (Å²) >= 11 is 0. The van der Waals surface area contributed by atoms with Crippen molar-refractivity contribution in [2.45, 2.75) is 117 Å². The molecule has 0 spiro atoms. The van der Waals surface area contributed by atoms with Gasteiger partial charge in [0.1, 0.15) is 0 Å². The fourth-order valence-electron chi connectivity index (χ4n) is 10.3. The molecule has 4 aliphatic carbocycles. The number of nitrogens with two attached hydrogens (primary N) is 1. The van der Waals surface area contributed by atoms with E-state index in [1.165, 1.54) is 104 Å². The number of rotatable bonds is 6. The van der Waals surface area contributed by atoms with Gasteiger partial charge in [-0.2, -0.15) is 0 Å². The Morgan fingerprint density at radius 1 is 0.919 bits per heavy atom. The molecule has 0 aromatic carbocycles. The Kier molecular flexibility index (Phi) is 11.4. The van der Waals surface area contributed by atoms with Gasteiger partial charge in [-0.05, 0) is 130 Å². The van der Waals surface area contributed by atoms with Gasteiger partial charge in [0.2, 0.25) is 0 Å². The second-order valence-electron chi connectivity index (χ2n) is 13.9. The van der Waals surface area contributed by atoms with E-state index in [1.807, 2.05) is 0 Å². The Morgan fingerprint density at radius 3 is 2.35 bits per heavy atom. The zero-order valence-electron chi connectivity index (χ0n) is 24.7. The lowest BCUT2D eigenvalue weighted by Gasteiger charge is -2.61. The maximum Gasteiger partial charge on any atom is 0.305 e. The smallest absolute Gasteiger partial charge is 0.305 e. The lowest BCUT2D eigenvalue weighted by Crippen LogP contribution is -2.53. The van der Waals surface area contributed by atoms with Gasteiger partial charge in [-0.1, -0.05) is 40.0 Å². The summed E-state index contributed by atoms with van der Waals surface area (Å²) in [5.74, 6) is 5.38. The van der Waals surface area contributed by atoms with Crippen molar-refractivity contribution in [3.8, 4) is 0 Å². The third-order valence-corrected chi connectivity index (χ3v) is 12.3. The van der Waals surface area contributed by atoms with Crippen molar-refractivity contribution in [2.75, 3.05) is 33.3 Å². The Hall–Kier alpha value is -0.650. The quantitative estimate of drug-likeness (QED) is 0.421. The van der Waals surface area contributed by atoms with Gasteiger partial charge in [0.05, 0.1) is 7.11 Å². The fraction of sp³-hybridized carbons (Fsp3) is 0.969. The highest BCUT2D eigenvalue weighted by Crippen LogP contribution is 2.68. The molecule has 5 fully saturated rings. The van der Waals surface area contributed by atoms with Crippen LogP contribution in [0.2, 0.25) is 0 Å². The van der Waals surface area contributed by atoms with Gasteiger partial charge < -0.3 is 20.8 Å². The van der Waals surface area contributed by atoms with E-state index in [0.29, 0.717) is 23.2 Å². The molecule has 5 heteroatoms. The van der Waals surface area contributed by atoms with Crippen molar-refractivity contribution < 1.29 is 15.0 Å². The molecular formula is C32H60N2O3. The SMILES string of the molecule is COC(=O)CCC(C)C1CCC2C3CCC4CCCCC4(C)C3CCC12C.NCCN1CCCCC1.O. The van der Waals surface area contributed by atoms with E-state index in [-0.39, 0.29) is 11.4 Å². The monoisotopic (exact) mass is 520 g/mol. The maximum atomic E-state index is 11.6. The molecule has 0 bridgehead atoms. The summed E-state index contributed by atoms with van der Waals surface area (Å²) in [6.45, 7) is 12.2. The van der Waals surface area contributed by atoms with E-state index < -0.39 is 0 Å². The minimum Gasteiger partial charge on any atom is -0.469 e. The van der Waals surface area contributed by atoms with Crippen LogP contribution < -0.4 is 5.73 Å². The van der Waals surface area contributed by atoms with Crippen LogP contribution in [0.1, 0.15) is 117 Å². The molecule has 5 aliphatic rings. The summed E-state index contributed by atoms with van der Waals surface area (Å²) in [6.07, 6.45) is 20.5. The number of methoxy groups -OCH3 is 1. The summed E-state index contributed by atoms with van der Waals surface area (Å²) < 4.78 is 4.89. The molecule has 8 atom stereocenters. The number of nitrogens with zero attached hydrogens (tertiary/aromatic N) is 1. The van der Waals surface area contributed by atoms with Crippen molar-refractivity contribution >= 4 is 5.97 Å². The molecule has 4 saturated carbocycles. The second kappa shape index (κ2) is 13.6. The van der Waals surface area contributed by atoms with Crippen LogP contribution in [0.5, 0.6) is 0 Å². The molecule has 0 amide bonds. The maximum absolute atomic E-state index is 11.6. The first kappa shape index (κ1) is 30.9. The first-order chi connectivity index (χ1) is 17.3. The normalized spacial score (nSPS) is 40.1. The van der Waals surface area contributed by atoms with Gasteiger partial charge in [0, 0.05) is 19.5 Å². The Balaban J connectivity index is 0.000000324. The Morgan fingerprint density at radius 2 is 1.65 bits per heavy atom. The van der Waals surface area contributed by atoms with Crippen LogP contribution >= 0.6 is 0 Å². The van der Waals surface area contributed by atoms with Crippen LogP contribution in [0.15, 0.2) is 0 Å². The molecule has 5 nitrogen and oxygen atoms in total. The average Bonchev–Trinajstić information content (AvgIpc) is 3.25. The lowest BCUT2D eigenvalue weighted by atomic mass is 9.44. The molecule has 37 heavy (non-hydrogen) atoms. The predicted molar refractivity (Wildman–Crippen MR) is 153 cm³/mol. The molecule has 1 saturated heterocycles. The predicted octanol–water partition coefficient (Wildman–Crippen LogP) is 6.23. The molecule has 1 aliphatic heterocycles.